The van der Waals surface area contributed by atoms with Crippen LogP contribution in [0.4, 0.5) is 10.5 Å². The second-order valence-electron chi connectivity index (χ2n) is 5.92. The zero-order chi connectivity index (χ0) is 17.4. The van der Waals surface area contributed by atoms with E-state index in [1.807, 2.05) is 29.6 Å². The van der Waals surface area contributed by atoms with Gasteiger partial charge in [-0.15, -0.1) is 0 Å². The lowest BCUT2D eigenvalue weighted by atomic mass is 10.1. The Bertz CT molecular complexity index is 559. The molecule has 0 saturated carbocycles. The minimum absolute atomic E-state index is 0.192. The van der Waals surface area contributed by atoms with Gasteiger partial charge in [0.1, 0.15) is 6.04 Å². The van der Waals surface area contributed by atoms with Gasteiger partial charge in [-0.2, -0.15) is 0 Å². The fourth-order valence-corrected chi connectivity index (χ4v) is 2.54. The van der Waals surface area contributed by atoms with Crippen LogP contribution in [-0.4, -0.2) is 37.3 Å². The molecule has 1 saturated heterocycles. The van der Waals surface area contributed by atoms with E-state index in [1.54, 1.807) is 6.92 Å². The molecule has 3 amide bonds. The Labute approximate surface area is 141 Å². The van der Waals surface area contributed by atoms with Crippen molar-refractivity contribution in [2.45, 2.75) is 44.9 Å². The third-order valence-corrected chi connectivity index (χ3v) is 3.80. The lowest BCUT2D eigenvalue weighted by molar-refractivity contribution is -0.120. The smallest absolute Gasteiger partial charge is 0.318 e. The van der Waals surface area contributed by atoms with Gasteiger partial charge in [0.2, 0.25) is 5.91 Å². The molecule has 2 unspecified atom stereocenters. The molecule has 24 heavy (non-hydrogen) atoms. The van der Waals surface area contributed by atoms with Gasteiger partial charge in [0.05, 0.1) is 19.3 Å². The van der Waals surface area contributed by atoms with Crippen LogP contribution in [0.5, 0.6) is 0 Å². The Morgan fingerprint density at radius 1 is 1.42 bits per heavy atom. The Hall–Kier alpha value is -2.12. The number of nitrogens with one attached hydrogen (secondary N) is 2. The normalized spacial score (nSPS) is 18.6. The van der Waals surface area contributed by atoms with Gasteiger partial charge >= 0.3 is 6.03 Å². The summed E-state index contributed by atoms with van der Waals surface area (Å²) in [5.74, 6) is -0.474. The van der Waals surface area contributed by atoms with Crippen molar-refractivity contribution in [3.05, 3.63) is 29.8 Å². The summed E-state index contributed by atoms with van der Waals surface area (Å²) in [5, 5.41) is 5.07. The number of hydrogen-bond donors (Lipinski definition) is 3. The fourth-order valence-electron chi connectivity index (χ4n) is 2.54. The second kappa shape index (κ2) is 9.24. The number of carbonyl (C=O) groups is 2. The van der Waals surface area contributed by atoms with Crippen LogP contribution >= 0.6 is 0 Å². The standard InChI is InChI=1S/C17H25N3O4/c1-12(16(21)20-17(18)22)19-14-6-4-5-13(9-14)10-23-11-15-7-2-3-8-24-15/h4-6,9,12,15,19H,2-3,7-8,10-11H2,1H3,(H3,18,20,21,22). The number of benzene rings is 1. The number of urea groups is 1. The Kier molecular flexibility index (Phi) is 7.02. The van der Waals surface area contributed by atoms with Crippen LogP contribution in [0.2, 0.25) is 0 Å². The number of nitrogens with two attached hydrogens (primary N) is 1. The maximum atomic E-state index is 11.7. The SMILES string of the molecule is CC(Nc1cccc(COCC2CCCCO2)c1)C(=O)NC(N)=O. The Balaban J connectivity index is 1.79. The topological polar surface area (TPSA) is 103 Å². The molecule has 2 rings (SSSR count). The van der Waals surface area contributed by atoms with Crippen LogP contribution in [0, 0.1) is 0 Å². The summed E-state index contributed by atoms with van der Waals surface area (Å²) in [7, 11) is 0. The highest BCUT2D eigenvalue weighted by atomic mass is 16.5. The molecule has 1 aliphatic rings. The van der Waals surface area contributed by atoms with Gasteiger partial charge in [0.15, 0.2) is 0 Å². The third kappa shape index (κ3) is 6.17. The molecule has 1 aromatic carbocycles. The average Bonchev–Trinajstić information content (AvgIpc) is 2.55. The predicted octanol–water partition coefficient (Wildman–Crippen LogP) is 1.77. The molecular formula is C17H25N3O4. The summed E-state index contributed by atoms with van der Waals surface area (Å²) in [6.07, 6.45) is 3.57. The van der Waals surface area contributed by atoms with Gasteiger partial charge in [0.25, 0.3) is 0 Å². The maximum absolute atomic E-state index is 11.7. The van der Waals surface area contributed by atoms with Crippen LogP contribution in [0.3, 0.4) is 0 Å². The molecular weight excluding hydrogens is 310 g/mol. The highest BCUT2D eigenvalue weighted by Crippen LogP contribution is 2.15. The van der Waals surface area contributed by atoms with Gasteiger partial charge in [-0.05, 0) is 43.9 Å². The third-order valence-electron chi connectivity index (χ3n) is 3.80. The number of ether oxygens (including phenoxy) is 2. The first-order chi connectivity index (χ1) is 11.5. The zero-order valence-corrected chi connectivity index (χ0v) is 13.9. The molecule has 7 nitrogen and oxygen atoms in total. The molecule has 1 aromatic rings. The lowest BCUT2D eigenvalue weighted by Gasteiger charge is -2.22. The number of amides is 3. The van der Waals surface area contributed by atoms with E-state index in [-0.39, 0.29) is 6.10 Å². The van der Waals surface area contributed by atoms with Crippen molar-refractivity contribution in [1.29, 1.82) is 0 Å². The first-order valence-electron chi connectivity index (χ1n) is 8.19. The maximum Gasteiger partial charge on any atom is 0.318 e. The van der Waals surface area contributed by atoms with Crippen LogP contribution < -0.4 is 16.4 Å². The highest BCUT2D eigenvalue weighted by Gasteiger charge is 2.15. The average molecular weight is 335 g/mol. The fraction of sp³-hybridized carbons (Fsp3) is 0.529. The van der Waals surface area contributed by atoms with Crippen molar-refractivity contribution in [2.24, 2.45) is 5.73 Å². The molecule has 2 atom stereocenters. The molecule has 0 spiro atoms. The number of carbonyl (C=O) groups excluding carboxylic acids is 2. The number of rotatable bonds is 7. The van der Waals surface area contributed by atoms with Crippen LogP contribution in [0.1, 0.15) is 31.7 Å². The monoisotopic (exact) mass is 335 g/mol. The summed E-state index contributed by atoms with van der Waals surface area (Å²) in [4.78, 5) is 22.4. The van der Waals surface area contributed by atoms with Crippen LogP contribution in [-0.2, 0) is 20.9 Å². The van der Waals surface area contributed by atoms with Crippen LogP contribution in [0.25, 0.3) is 0 Å². The Morgan fingerprint density at radius 2 is 2.25 bits per heavy atom. The predicted molar refractivity (Wildman–Crippen MR) is 90.5 cm³/mol. The molecule has 0 bridgehead atoms. The Morgan fingerprint density at radius 3 is 2.96 bits per heavy atom. The van der Waals surface area contributed by atoms with Crippen molar-refractivity contribution in [2.75, 3.05) is 18.5 Å². The van der Waals surface area contributed by atoms with E-state index in [2.05, 4.69) is 5.32 Å². The van der Waals surface area contributed by atoms with Crippen molar-refractivity contribution >= 4 is 17.6 Å². The molecule has 0 aliphatic carbocycles. The van der Waals surface area contributed by atoms with E-state index in [0.717, 1.165) is 30.7 Å². The summed E-state index contributed by atoms with van der Waals surface area (Å²) in [5.41, 5.74) is 6.71. The van der Waals surface area contributed by atoms with Gasteiger partial charge in [-0.1, -0.05) is 12.1 Å². The molecule has 1 aliphatic heterocycles. The van der Waals surface area contributed by atoms with Crippen molar-refractivity contribution in [3.63, 3.8) is 0 Å². The minimum Gasteiger partial charge on any atom is -0.376 e. The van der Waals surface area contributed by atoms with E-state index in [0.29, 0.717) is 13.2 Å². The number of anilines is 1. The number of imide groups is 1. The van der Waals surface area contributed by atoms with E-state index in [1.165, 1.54) is 6.42 Å². The van der Waals surface area contributed by atoms with Crippen LogP contribution in [0.15, 0.2) is 24.3 Å². The van der Waals surface area contributed by atoms with E-state index in [9.17, 15) is 9.59 Å². The molecule has 0 aromatic heterocycles. The molecule has 0 radical (unpaired) electrons. The number of hydrogen-bond acceptors (Lipinski definition) is 5. The van der Waals surface area contributed by atoms with Gasteiger partial charge in [0, 0.05) is 12.3 Å². The van der Waals surface area contributed by atoms with Crippen molar-refractivity contribution in [1.82, 2.24) is 5.32 Å². The molecule has 1 heterocycles. The quantitative estimate of drug-likeness (QED) is 0.705. The minimum atomic E-state index is -0.860. The summed E-state index contributed by atoms with van der Waals surface area (Å²) < 4.78 is 11.4. The summed E-state index contributed by atoms with van der Waals surface area (Å²) in [6, 6.07) is 6.17. The van der Waals surface area contributed by atoms with Crippen molar-refractivity contribution in [3.8, 4) is 0 Å². The van der Waals surface area contributed by atoms with Gasteiger partial charge in [-0.25, -0.2) is 4.79 Å². The molecule has 4 N–H and O–H groups in total. The zero-order valence-electron chi connectivity index (χ0n) is 13.9. The summed E-state index contributed by atoms with van der Waals surface area (Å²) in [6.45, 7) is 3.55. The second-order valence-corrected chi connectivity index (χ2v) is 5.92. The van der Waals surface area contributed by atoms with E-state index >= 15 is 0 Å². The van der Waals surface area contributed by atoms with Gasteiger partial charge in [-0.3, -0.25) is 10.1 Å². The summed E-state index contributed by atoms with van der Waals surface area (Å²) >= 11 is 0. The van der Waals surface area contributed by atoms with E-state index in [4.69, 9.17) is 15.2 Å². The molecule has 1 fully saturated rings. The number of primary amides is 1. The first-order valence-corrected chi connectivity index (χ1v) is 8.19. The highest BCUT2D eigenvalue weighted by molar-refractivity contribution is 5.97. The molecule has 132 valence electrons. The first kappa shape index (κ1) is 18.2. The largest absolute Gasteiger partial charge is 0.376 e. The van der Waals surface area contributed by atoms with Gasteiger partial charge < -0.3 is 20.5 Å². The van der Waals surface area contributed by atoms with E-state index < -0.39 is 18.0 Å². The molecule has 7 heteroatoms. The van der Waals surface area contributed by atoms with Crippen molar-refractivity contribution < 1.29 is 19.1 Å². The lowest BCUT2D eigenvalue weighted by Crippen LogP contribution is -2.43.